The number of nitrogens with zero attached hydrogens (tertiary/aromatic N) is 2. The summed E-state index contributed by atoms with van der Waals surface area (Å²) in [6, 6.07) is 0. The van der Waals surface area contributed by atoms with Gasteiger partial charge in [0.05, 0.1) is 18.9 Å². The van der Waals surface area contributed by atoms with Crippen LogP contribution < -0.4 is 11.0 Å². The summed E-state index contributed by atoms with van der Waals surface area (Å²) in [6.07, 6.45) is -2.60. The maximum atomic E-state index is 14.2. The molecule has 1 aliphatic rings. The number of unbranched alkanes of at least 4 members (excludes halogenated alkanes) is 2. The minimum Gasteiger partial charge on any atom is -0.388 e. The first-order valence-corrected chi connectivity index (χ1v) is 8.21. The van der Waals surface area contributed by atoms with E-state index in [2.05, 4.69) is 10.3 Å². The van der Waals surface area contributed by atoms with Crippen LogP contribution in [0.2, 0.25) is 0 Å². The predicted molar refractivity (Wildman–Crippen MR) is 85.2 cm³/mol. The molecule has 2 heterocycles. The summed E-state index contributed by atoms with van der Waals surface area (Å²) in [4.78, 5) is 15.6. The van der Waals surface area contributed by atoms with Gasteiger partial charge in [0.25, 0.3) is 0 Å². The van der Waals surface area contributed by atoms with E-state index in [1.165, 1.54) is 6.92 Å². The number of ether oxygens (including phenoxy) is 2. The van der Waals surface area contributed by atoms with Crippen molar-refractivity contribution < 1.29 is 29.2 Å². The van der Waals surface area contributed by atoms with Gasteiger partial charge in [0, 0.05) is 0 Å². The van der Waals surface area contributed by atoms with Gasteiger partial charge in [-0.25, -0.2) is 9.18 Å². The number of nitrogens with one attached hydrogen (secondary N) is 1. The number of hydrogen-bond acceptors (Lipinski definition) is 8. The fraction of sp³-hybridized carbons (Fsp3) is 0.733. The van der Waals surface area contributed by atoms with Crippen LogP contribution in [0.15, 0.2) is 11.0 Å². The Labute approximate surface area is 144 Å². The van der Waals surface area contributed by atoms with Gasteiger partial charge in [0.2, 0.25) is 6.41 Å². The Morgan fingerprint density at radius 3 is 2.76 bits per heavy atom. The molecule has 5 unspecified atom stereocenters. The Morgan fingerprint density at radius 1 is 1.44 bits per heavy atom. The Balaban J connectivity index is 2.06. The first-order valence-electron chi connectivity index (χ1n) is 8.21. The van der Waals surface area contributed by atoms with Crippen LogP contribution in [0.5, 0.6) is 0 Å². The highest BCUT2D eigenvalue weighted by Crippen LogP contribution is 2.28. The molecule has 142 valence electrons. The van der Waals surface area contributed by atoms with Crippen molar-refractivity contribution >= 4 is 5.82 Å². The second-order valence-corrected chi connectivity index (χ2v) is 5.91. The lowest BCUT2D eigenvalue weighted by molar-refractivity contribution is -0.0795. The largest absolute Gasteiger partial charge is 0.388 e. The molecular formula is C15H24FN3O6. The highest BCUT2D eigenvalue weighted by atomic mass is 19.1. The molecule has 1 aromatic heterocycles. The van der Waals surface area contributed by atoms with E-state index >= 15 is 0 Å². The van der Waals surface area contributed by atoms with Crippen LogP contribution in [0.1, 0.15) is 39.3 Å². The molecule has 1 saturated heterocycles. The van der Waals surface area contributed by atoms with Crippen LogP contribution in [0.25, 0.3) is 0 Å². The standard InChI is InChI=1S/C15H24FN3O6/c1-3-4-5-6-24-15(23)18-12-9(16)7-19(14(22)17-12)13-11(21)10(20)8(2)25-13/h7-8,10-11,13,15,20-21,23H,3-6H2,1-2H3,(H,17,18,22). The molecular weight excluding hydrogens is 337 g/mol. The molecule has 0 aromatic carbocycles. The maximum absolute atomic E-state index is 14.2. The average Bonchev–Trinajstić information content (AvgIpc) is 2.82. The molecule has 10 heteroatoms. The summed E-state index contributed by atoms with van der Waals surface area (Å²) in [5, 5.41) is 31.5. The molecule has 0 aliphatic carbocycles. The minimum atomic E-state index is -1.51. The molecule has 9 nitrogen and oxygen atoms in total. The van der Waals surface area contributed by atoms with Gasteiger partial charge < -0.3 is 30.1 Å². The summed E-state index contributed by atoms with van der Waals surface area (Å²) in [5.74, 6) is -1.43. The van der Waals surface area contributed by atoms with Gasteiger partial charge in [-0.1, -0.05) is 19.8 Å². The van der Waals surface area contributed by atoms with E-state index in [0.717, 1.165) is 30.0 Å². The van der Waals surface area contributed by atoms with Crippen molar-refractivity contribution in [2.24, 2.45) is 0 Å². The zero-order chi connectivity index (χ0) is 18.6. The molecule has 25 heavy (non-hydrogen) atoms. The molecule has 2 rings (SSSR count). The molecule has 1 aliphatic heterocycles. The first-order chi connectivity index (χ1) is 11.8. The van der Waals surface area contributed by atoms with Crippen LogP contribution in [0.4, 0.5) is 10.2 Å². The third-order valence-corrected chi connectivity index (χ3v) is 3.94. The Kier molecular flexibility index (Phi) is 6.85. The number of hydrogen-bond donors (Lipinski definition) is 4. The van der Waals surface area contributed by atoms with Gasteiger partial charge in [-0.2, -0.15) is 4.98 Å². The van der Waals surface area contributed by atoms with Crippen LogP contribution in [-0.2, 0) is 9.47 Å². The Bertz CT molecular complexity index is 628. The van der Waals surface area contributed by atoms with Crippen molar-refractivity contribution in [2.75, 3.05) is 11.9 Å². The summed E-state index contributed by atoms with van der Waals surface area (Å²) >= 11 is 0. The van der Waals surface area contributed by atoms with Crippen molar-refractivity contribution in [1.29, 1.82) is 0 Å². The lowest BCUT2D eigenvalue weighted by atomic mass is 10.1. The molecule has 0 amide bonds. The number of halogens is 1. The van der Waals surface area contributed by atoms with Crippen LogP contribution >= 0.6 is 0 Å². The van der Waals surface area contributed by atoms with Crippen molar-refractivity contribution in [3.63, 3.8) is 0 Å². The van der Waals surface area contributed by atoms with Gasteiger partial charge in [0.1, 0.15) is 12.2 Å². The molecule has 0 bridgehead atoms. The van der Waals surface area contributed by atoms with Crippen LogP contribution in [-0.4, -0.2) is 56.2 Å². The lowest BCUT2D eigenvalue weighted by Crippen LogP contribution is -2.36. The number of anilines is 1. The van der Waals surface area contributed by atoms with Gasteiger partial charge in [-0.05, 0) is 13.3 Å². The summed E-state index contributed by atoms with van der Waals surface area (Å²) < 4.78 is 25.2. The maximum Gasteiger partial charge on any atom is 0.351 e. The summed E-state index contributed by atoms with van der Waals surface area (Å²) in [7, 11) is 0. The van der Waals surface area contributed by atoms with Crippen molar-refractivity contribution in [1.82, 2.24) is 9.55 Å². The van der Waals surface area contributed by atoms with Crippen molar-refractivity contribution in [3.8, 4) is 0 Å². The molecule has 1 aromatic rings. The van der Waals surface area contributed by atoms with Crippen LogP contribution in [0, 0.1) is 5.82 Å². The first kappa shape index (κ1) is 19.7. The van der Waals surface area contributed by atoms with E-state index in [1.807, 2.05) is 6.92 Å². The van der Waals surface area contributed by atoms with Gasteiger partial charge >= 0.3 is 5.69 Å². The zero-order valence-corrected chi connectivity index (χ0v) is 14.1. The van der Waals surface area contributed by atoms with E-state index in [-0.39, 0.29) is 6.61 Å². The fourth-order valence-electron chi connectivity index (χ4n) is 2.49. The molecule has 5 atom stereocenters. The third-order valence-electron chi connectivity index (χ3n) is 3.94. The van der Waals surface area contributed by atoms with E-state index in [1.54, 1.807) is 0 Å². The van der Waals surface area contributed by atoms with E-state index in [0.29, 0.717) is 0 Å². The zero-order valence-electron chi connectivity index (χ0n) is 14.1. The molecule has 0 radical (unpaired) electrons. The molecule has 0 saturated carbocycles. The minimum absolute atomic E-state index is 0.276. The highest BCUT2D eigenvalue weighted by Gasteiger charge is 2.42. The summed E-state index contributed by atoms with van der Waals surface area (Å²) in [5.41, 5.74) is -0.910. The molecule has 0 spiro atoms. The lowest BCUT2D eigenvalue weighted by Gasteiger charge is -2.19. The quantitative estimate of drug-likeness (QED) is 0.374. The highest BCUT2D eigenvalue weighted by molar-refractivity contribution is 5.34. The molecule has 1 fully saturated rings. The topological polar surface area (TPSA) is 126 Å². The van der Waals surface area contributed by atoms with E-state index in [4.69, 9.17) is 9.47 Å². The van der Waals surface area contributed by atoms with Gasteiger partial charge in [-0.15, -0.1) is 0 Å². The number of aromatic nitrogens is 2. The predicted octanol–water partition coefficient (Wildman–Crippen LogP) is -0.0839. The normalized spacial score (nSPS) is 27.4. The number of aliphatic hydroxyl groups is 3. The third kappa shape index (κ3) is 4.73. The van der Waals surface area contributed by atoms with Crippen molar-refractivity contribution in [3.05, 3.63) is 22.5 Å². The van der Waals surface area contributed by atoms with E-state index in [9.17, 15) is 24.5 Å². The molecule has 4 N–H and O–H groups in total. The second-order valence-electron chi connectivity index (χ2n) is 5.91. The Hall–Kier alpha value is -1.59. The van der Waals surface area contributed by atoms with Crippen LogP contribution in [0.3, 0.4) is 0 Å². The van der Waals surface area contributed by atoms with E-state index < -0.39 is 48.3 Å². The van der Waals surface area contributed by atoms with Gasteiger partial charge in [0.15, 0.2) is 17.9 Å². The van der Waals surface area contributed by atoms with Crippen molar-refractivity contribution in [2.45, 2.75) is 64.1 Å². The average molecular weight is 361 g/mol. The number of rotatable bonds is 8. The Morgan fingerprint density at radius 2 is 2.16 bits per heavy atom. The smallest absolute Gasteiger partial charge is 0.351 e. The monoisotopic (exact) mass is 361 g/mol. The SMILES string of the molecule is CCCCCOC(O)Nc1nc(=O)n(C2OC(C)C(O)C2O)cc1F. The number of aliphatic hydroxyl groups excluding tert-OH is 3. The van der Waals surface area contributed by atoms with Gasteiger partial charge in [-0.3, -0.25) is 4.57 Å². The fourth-order valence-corrected chi connectivity index (χ4v) is 2.49. The second kappa shape index (κ2) is 8.68. The summed E-state index contributed by atoms with van der Waals surface area (Å²) in [6.45, 7) is 3.82.